The predicted octanol–water partition coefficient (Wildman–Crippen LogP) is 3.28. The molecule has 3 aromatic rings. The maximum absolute atomic E-state index is 13.6. The van der Waals surface area contributed by atoms with Crippen LogP contribution in [0.5, 0.6) is 5.88 Å². The molecule has 0 aliphatic heterocycles. The van der Waals surface area contributed by atoms with Gasteiger partial charge in [-0.25, -0.2) is 22.2 Å². The lowest BCUT2D eigenvalue weighted by molar-refractivity contribution is -0.117. The van der Waals surface area contributed by atoms with Crippen molar-refractivity contribution in [3.05, 3.63) is 22.8 Å². The van der Waals surface area contributed by atoms with Gasteiger partial charge in [0.1, 0.15) is 28.2 Å². The van der Waals surface area contributed by atoms with Gasteiger partial charge in [-0.15, -0.1) is 26.6 Å². The molecule has 0 aromatic carbocycles. The van der Waals surface area contributed by atoms with Gasteiger partial charge in [-0.05, 0) is 50.5 Å². The Morgan fingerprint density at radius 1 is 1.25 bits per heavy atom. The Balaban J connectivity index is 1.28. The van der Waals surface area contributed by atoms with E-state index in [1.54, 1.807) is 11.6 Å². The first-order valence-electron chi connectivity index (χ1n) is 12.8. The zero-order valence-corrected chi connectivity index (χ0v) is 22.9. The third-order valence-electron chi connectivity index (χ3n) is 7.32. The molecular weight excluding hydrogens is 573 g/mol. The molecule has 216 valence electrons. The van der Waals surface area contributed by atoms with Gasteiger partial charge in [0.2, 0.25) is 27.8 Å². The molecule has 3 aliphatic carbocycles. The van der Waals surface area contributed by atoms with E-state index in [0.717, 1.165) is 17.7 Å². The van der Waals surface area contributed by atoms with Crippen molar-refractivity contribution in [2.45, 2.75) is 74.7 Å². The predicted molar refractivity (Wildman–Crippen MR) is 138 cm³/mol. The summed E-state index contributed by atoms with van der Waals surface area (Å²) in [6.07, 6.45) is 3.77. The molecule has 1 amide bonds. The Morgan fingerprint density at radius 3 is 2.73 bits per heavy atom. The number of amides is 1. The highest BCUT2D eigenvalue weighted by atomic mass is 32.2. The fraction of sp³-hybridized carbons (Fsp3) is 0.565. The number of anilines is 3. The number of aromatic nitrogens is 5. The lowest BCUT2D eigenvalue weighted by Crippen LogP contribution is -2.45. The van der Waals surface area contributed by atoms with Crippen LogP contribution in [0.15, 0.2) is 17.3 Å². The minimum absolute atomic E-state index is 0.0384. The van der Waals surface area contributed by atoms with Gasteiger partial charge in [0, 0.05) is 36.0 Å². The molecule has 3 aliphatic rings. The van der Waals surface area contributed by atoms with Crippen molar-refractivity contribution in [3.63, 3.8) is 0 Å². The molecule has 1 atom stereocenters. The third kappa shape index (κ3) is 5.41. The van der Waals surface area contributed by atoms with E-state index in [4.69, 9.17) is 0 Å². The Bertz CT molecular complexity index is 1530. The van der Waals surface area contributed by atoms with E-state index in [0.29, 0.717) is 36.6 Å². The molecule has 12 nitrogen and oxygen atoms in total. The molecule has 3 N–H and O–H groups in total. The molecule has 40 heavy (non-hydrogen) atoms. The molecule has 0 radical (unpaired) electrons. The first kappa shape index (κ1) is 27.0. The highest BCUT2D eigenvalue weighted by Crippen LogP contribution is 2.45. The first-order valence-corrected chi connectivity index (χ1v) is 15.1. The van der Waals surface area contributed by atoms with Gasteiger partial charge in [-0.2, -0.15) is 8.78 Å². The summed E-state index contributed by atoms with van der Waals surface area (Å²) in [5.41, 5.74) is 0.601. The molecule has 0 bridgehead atoms. The number of hydrogen-bond acceptors (Lipinski definition) is 9. The van der Waals surface area contributed by atoms with Crippen molar-refractivity contribution in [1.29, 1.82) is 0 Å². The number of carbonyl (C=O) groups excluding carboxylic acids is 1. The van der Waals surface area contributed by atoms with Crippen LogP contribution in [0.25, 0.3) is 0 Å². The lowest BCUT2D eigenvalue weighted by atomic mass is 9.92. The van der Waals surface area contributed by atoms with E-state index in [1.165, 1.54) is 28.4 Å². The molecule has 3 aromatic heterocycles. The van der Waals surface area contributed by atoms with Crippen LogP contribution in [-0.4, -0.2) is 57.7 Å². The topological polar surface area (TPSA) is 145 Å². The van der Waals surface area contributed by atoms with Crippen LogP contribution in [0.1, 0.15) is 48.6 Å². The maximum atomic E-state index is 13.6. The zero-order valence-electron chi connectivity index (χ0n) is 21.3. The summed E-state index contributed by atoms with van der Waals surface area (Å²) in [5.74, 6) is 0.0688. The van der Waals surface area contributed by atoms with Crippen LogP contribution >= 0.6 is 11.3 Å². The highest BCUT2D eigenvalue weighted by Gasteiger charge is 2.39. The number of alkyl halides is 3. The number of nitrogens with zero attached hydrogens (tertiary/aromatic N) is 5. The van der Waals surface area contributed by atoms with Crippen LogP contribution < -0.4 is 20.1 Å². The highest BCUT2D eigenvalue weighted by molar-refractivity contribution is 7.90. The number of carbonyl (C=O) groups is 1. The van der Waals surface area contributed by atoms with E-state index in [9.17, 15) is 26.4 Å². The molecule has 17 heteroatoms. The number of aryl methyl sites for hydroxylation is 2. The summed E-state index contributed by atoms with van der Waals surface area (Å²) in [5, 5.41) is 18.1. The summed E-state index contributed by atoms with van der Waals surface area (Å²) in [4.78, 5) is 13.5. The molecule has 0 spiro atoms. The minimum Gasteiger partial charge on any atom is -0.415 e. The Kier molecular flexibility index (Phi) is 6.98. The van der Waals surface area contributed by atoms with Crippen LogP contribution in [0, 0.1) is 5.92 Å². The van der Waals surface area contributed by atoms with Gasteiger partial charge in [0.05, 0.1) is 0 Å². The third-order valence-corrected chi connectivity index (χ3v) is 10.3. The van der Waals surface area contributed by atoms with Gasteiger partial charge < -0.3 is 15.4 Å². The van der Waals surface area contributed by atoms with Crippen molar-refractivity contribution in [1.82, 2.24) is 29.3 Å². The largest absolute Gasteiger partial charge is 0.415 e. The summed E-state index contributed by atoms with van der Waals surface area (Å²) < 4.78 is 75.9. The molecule has 2 fully saturated rings. The quantitative estimate of drug-likeness (QED) is 0.322. The average Bonchev–Trinajstić information content (AvgIpc) is 3.37. The van der Waals surface area contributed by atoms with Crippen molar-refractivity contribution >= 4 is 44.0 Å². The van der Waals surface area contributed by atoms with Crippen LogP contribution in [0.4, 0.5) is 29.9 Å². The van der Waals surface area contributed by atoms with Crippen molar-refractivity contribution in [2.24, 2.45) is 13.0 Å². The summed E-state index contributed by atoms with van der Waals surface area (Å²) >= 11 is 1.26. The molecule has 2 saturated carbocycles. The fourth-order valence-electron chi connectivity index (χ4n) is 5.05. The van der Waals surface area contributed by atoms with E-state index in [1.807, 2.05) is 0 Å². The van der Waals surface area contributed by atoms with Crippen molar-refractivity contribution in [3.8, 4) is 5.88 Å². The first-order chi connectivity index (χ1) is 19.1. The monoisotopic (exact) mass is 600 g/mol. The summed E-state index contributed by atoms with van der Waals surface area (Å²) in [6, 6.07) is 0.564. The number of sulfonamides is 1. The number of ether oxygens (including phenoxy) is 1. The van der Waals surface area contributed by atoms with E-state index in [2.05, 4.69) is 35.4 Å². The molecule has 0 unspecified atom stereocenters. The van der Waals surface area contributed by atoms with E-state index >= 15 is 0 Å². The van der Waals surface area contributed by atoms with Crippen LogP contribution in [-0.2, 0) is 34.7 Å². The van der Waals surface area contributed by atoms with Gasteiger partial charge in [0.25, 0.3) is 0 Å². The maximum Gasteiger partial charge on any atom is 0.388 e. The van der Waals surface area contributed by atoms with E-state index < -0.39 is 28.8 Å². The van der Waals surface area contributed by atoms with Gasteiger partial charge in [0.15, 0.2) is 0 Å². The second-order valence-corrected chi connectivity index (χ2v) is 13.0. The van der Waals surface area contributed by atoms with Gasteiger partial charge in [-0.3, -0.25) is 9.36 Å². The number of rotatable bonds is 10. The number of nitrogens with one attached hydrogen (secondary N) is 3. The Labute approximate surface area is 231 Å². The smallest absolute Gasteiger partial charge is 0.388 e. The Hall–Kier alpha value is -3.18. The summed E-state index contributed by atoms with van der Waals surface area (Å²) in [7, 11) is -2.50. The average molecular weight is 601 g/mol. The van der Waals surface area contributed by atoms with Crippen molar-refractivity contribution < 1.29 is 31.1 Å². The molecule has 6 rings (SSSR count). The van der Waals surface area contributed by atoms with Gasteiger partial charge >= 0.3 is 6.61 Å². The second-order valence-electron chi connectivity index (χ2n) is 10.3. The molecule has 3 heterocycles. The zero-order chi connectivity index (χ0) is 28.2. The number of thiophene rings is 1. The minimum atomic E-state index is -4.05. The summed E-state index contributed by atoms with van der Waals surface area (Å²) in [6.45, 7) is -3.02. The molecular formula is C23H27F3N8O4S2. The van der Waals surface area contributed by atoms with Crippen LogP contribution in [0.3, 0.4) is 0 Å². The van der Waals surface area contributed by atoms with Crippen LogP contribution in [0.2, 0.25) is 0 Å². The fourth-order valence-corrected chi connectivity index (χ4v) is 8.28. The van der Waals surface area contributed by atoms with Gasteiger partial charge in [-0.1, -0.05) is 0 Å². The SMILES string of the molecule is Cn1nc(OC(F)F)cc1Nc1nncn1[C@H]1CCc2sc(NC(=O)C3CC3)c(S(=O)(=O)NC3CC(F)C3)c2C1. The second kappa shape index (κ2) is 10.3. The molecule has 0 saturated heterocycles. The normalized spacial score (nSPS) is 22.6. The lowest BCUT2D eigenvalue weighted by Gasteiger charge is -2.30. The Morgan fingerprint density at radius 2 is 2.02 bits per heavy atom. The standard InChI is InChI=1S/C23H27F3N8O4S2/c1-33-17(9-18(31-33)38-22(25)26)28-23-30-27-10-34(23)14-4-5-16-15(8-14)19(21(39-16)29-20(35)11-2-3-11)40(36,37)32-13-6-12(24)7-13/h9-14,22,32H,2-8H2,1H3,(H,28,30)(H,29,35)/t12?,13?,14-/m0/s1. The number of hydrogen-bond donors (Lipinski definition) is 3. The number of halogens is 3. The van der Waals surface area contributed by atoms with Crippen molar-refractivity contribution in [2.75, 3.05) is 10.6 Å². The van der Waals surface area contributed by atoms with E-state index in [-0.39, 0.29) is 46.5 Å². The number of fused-ring (bicyclic) bond motifs is 1.